The van der Waals surface area contributed by atoms with Crippen LogP contribution >= 0.6 is 11.6 Å². The summed E-state index contributed by atoms with van der Waals surface area (Å²) in [6.07, 6.45) is 0. The minimum absolute atomic E-state index is 0.0337. The topological polar surface area (TPSA) is 126 Å². The van der Waals surface area contributed by atoms with E-state index >= 15 is 0 Å². The molecule has 32 heavy (non-hydrogen) atoms. The summed E-state index contributed by atoms with van der Waals surface area (Å²) < 4.78 is 37.2. The van der Waals surface area contributed by atoms with E-state index in [4.69, 9.17) is 26.3 Å². The number of aryl methyl sites for hydroxylation is 1. The first-order chi connectivity index (χ1) is 15.2. The Morgan fingerprint density at radius 1 is 1.22 bits per heavy atom. The molecule has 1 saturated heterocycles. The zero-order chi connectivity index (χ0) is 23.3. The van der Waals surface area contributed by atoms with E-state index in [0.717, 1.165) is 0 Å². The van der Waals surface area contributed by atoms with Gasteiger partial charge in [-0.25, -0.2) is 13.2 Å². The lowest BCUT2D eigenvalue weighted by Gasteiger charge is -2.26. The van der Waals surface area contributed by atoms with Gasteiger partial charge < -0.3 is 14.8 Å². The lowest BCUT2D eigenvalue weighted by molar-refractivity contribution is -0.119. The predicted octanol–water partition coefficient (Wildman–Crippen LogP) is 2.34. The molecule has 1 N–H and O–H groups in total. The van der Waals surface area contributed by atoms with E-state index < -0.39 is 28.5 Å². The molecule has 0 spiro atoms. The molecule has 3 rings (SSSR count). The maximum Gasteiger partial charge on any atom is 0.338 e. The molecule has 1 aliphatic heterocycles. The maximum atomic E-state index is 12.8. The highest BCUT2D eigenvalue weighted by atomic mass is 35.5. The third-order valence-electron chi connectivity index (χ3n) is 4.74. The minimum Gasteiger partial charge on any atom is -0.452 e. The van der Waals surface area contributed by atoms with Gasteiger partial charge in [0.1, 0.15) is 6.07 Å². The summed E-state index contributed by atoms with van der Waals surface area (Å²) in [5, 5.41) is 11.6. The molecule has 11 heteroatoms. The van der Waals surface area contributed by atoms with E-state index in [-0.39, 0.29) is 34.1 Å². The number of carbonyl (C=O) groups excluding carboxylic acids is 2. The smallest absolute Gasteiger partial charge is 0.338 e. The lowest BCUT2D eigenvalue weighted by atomic mass is 10.1. The van der Waals surface area contributed by atoms with Gasteiger partial charge in [-0.2, -0.15) is 9.57 Å². The van der Waals surface area contributed by atoms with Gasteiger partial charge in [0.25, 0.3) is 5.91 Å². The number of nitriles is 1. The van der Waals surface area contributed by atoms with Crippen molar-refractivity contribution in [3.8, 4) is 6.07 Å². The van der Waals surface area contributed by atoms with Crippen molar-refractivity contribution in [3.63, 3.8) is 0 Å². The summed E-state index contributed by atoms with van der Waals surface area (Å²) in [5.41, 5.74) is 1.16. The van der Waals surface area contributed by atoms with E-state index in [9.17, 15) is 18.0 Å². The number of esters is 1. The summed E-state index contributed by atoms with van der Waals surface area (Å²) in [5.74, 6) is -1.44. The van der Waals surface area contributed by atoms with Crippen molar-refractivity contribution in [2.45, 2.75) is 11.8 Å². The van der Waals surface area contributed by atoms with E-state index in [2.05, 4.69) is 5.32 Å². The van der Waals surface area contributed by atoms with Crippen molar-refractivity contribution in [3.05, 3.63) is 58.1 Å². The standard InChI is InChI=1S/C21H20ClN3O6S/c1-14-2-5-17(32(28,29)25-6-8-30-9-7-25)11-18(14)21(27)31-13-20(26)24-16-4-3-15(12-23)19(22)10-16/h2-5,10-11H,6-9,13H2,1H3,(H,24,26). The molecule has 0 atom stereocenters. The van der Waals surface area contributed by atoms with Crippen molar-refractivity contribution in [2.24, 2.45) is 0 Å². The van der Waals surface area contributed by atoms with Crippen LogP contribution in [0.1, 0.15) is 21.5 Å². The Kier molecular flexibility index (Phi) is 7.48. The van der Waals surface area contributed by atoms with Gasteiger partial charge in [-0.1, -0.05) is 17.7 Å². The molecule has 0 unspecified atom stereocenters. The van der Waals surface area contributed by atoms with Gasteiger partial charge in [0.15, 0.2) is 6.61 Å². The Morgan fingerprint density at radius 2 is 1.94 bits per heavy atom. The zero-order valence-corrected chi connectivity index (χ0v) is 18.7. The summed E-state index contributed by atoms with van der Waals surface area (Å²) in [4.78, 5) is 24.6. The minimum atomic E-state index is -3.79. The average Bonchev–Trinajstić information content (AvgIpc) is 2.78. The number of nitrogens with one attached hydrogen (secondary N) is 1. The van der Waals surface area contributed by atoms with Crippen molar-refractivity contribution in [1.29, 1.82) is 5.26 Å². The molecule has 168 valence electrons. The van der Waals surface area contributed by atoms with Gasteiger partial charge in [-0.05, 0) is 42.8 Å². The van der Waals surface area contributed by atoms with Gasteiger partial charge in [0.05, 0.1) is 34.3 Å². The normalized spacial score (nSPS) is 14.4. The van der Waals surface area contributed by atoms with E-state index in [1.807, 2.05) is 6.07 Å². The Labute approximate surface area is 190 Å². The van der Waals surface area contributed by atoms with E-state index in [1.165, 1.54) is 40.7 Å². The van der Waals surface area contributed by atoms with Crippen LogP contribution in [0.25, 0.3) is 0 Å². The van der Waals surface area contributed by atoms with Crippen molar-refractivity contribution < 1.29 is 27.5 Å². The van der Waals surface area contributed by atoms with Crippen LogP contribution in [0.4, 0.5) is 5.69 Å². The van der Waals surface area contributed by atoms with Crippen LogP contribution in [0.2, 0.25) is 5.02 Å². The predicted molar refractivity (Wildman–Crippen MR) is 116 cm³/mol. The number of amides is 1. The molecular weight excluding hydrogens is 458 g/mol. The monoisotopic (exact) mass is 477 g/mol. The Balaban J connectivity index is 1.67. The van der Waals surface area contributed by atoms with Gasteiger partial charge in [-0.15, -0.1) is 0 Å². The summed E-state index contributed by atoms with van der Waals surface area (Å²) in [6.45, 7) is 2.13. The third-order valence-corrected chi connectivity index (χ3v) is 6.95. The number of sulfonamides is 1. The molecule has 1 heterocycles. The number of hydrogen-bond donors (Lipinski definition) is 1. The quantitative estimate of drug-likeness (QED) is 0.633. The maximum absolute atomic E-state index is 12.8. The molecule has 0 aromatic heterocycles. The van der Waals surface area contributed by atoms with E-state index in [0.29, 0.717) is 24.5 Å². The fourth-order valence-corrected chi connectivity index (χ4v) is 4.66. The highest BCUT2D eigenvalue weighted by molar-refractivity contribution is 7.89. The number of carbonyl (C=O) groups is 2. The molecule has 0 aliphatic carbocycles. The largest absolute Gasteiger partial charge is 0.452 e. The highest BCUT2D eigenvalue weighted by Gasteiger charge is 2.27. The van der Waals surface area contributed by atoms with Crippen LogP contribution in [0.15, 0.2) is 41.3 Å². The third kappa shape index (κ3) is 5.44. The summed E-state index contributed by atoms with van der Waals surface area (Å²) in [6, 6.07) is 10.5. The Bertz CT molecular complexity index is 1190. The van der Waals surface area contributed by atoms with Crippen molar-refractivity contribution in [2.75, 3.05) is 38.2 Å². The molecule has 0 radical (unpaired) electrons. The molecule has 9 nitrogen and oxygen atoms in total. The average molecular weight is 478 g/mol. The number of hydrogen-bond acceptors (Lipinski definition) is 7. The second-order valence-electron chi connectivity index (χ2n) is 6.92. The number of morpholine rings is 1. The molecule has 2 aromatic rings. The highest BCUT2D eigenvalue weighted by Crippen LogP contribution is 2.22. The van der Waals surface area contributed by atoms with Crippen LogP contribution in [0.5, 0.6) is 0 Å². The SMILES string of the molecule is Cc1ccc(S(=O)(=O)N2CCOCC2)cc1C(=O)OCC(=O)Nc1ccc(C#N)c(Cl)c1. The van der Waals surface area contributed by atoms with Crippen LogP contribution in [-0.4, -0.2) is 57.5 Å². The first-order valence-corrected chi connectivity index (χ1v) is 11.4. The van der Waals surface area contributed by atoms with Crippen LogP contribution in [0, 0.1) is 18.3 Å². The Hall–Kier alpha value is -2.97. The van der Waals surface area contributed by atoms with Crippen molar-refractivity contribution in [1.82, 2.24) is 4.31 Å². The van der Waals surface area contributed by atoms with Crippen LogP contribution < -0.4 is 5.32 Å². The number of halogens is 1. The van der Waals surface area contributed by atoms with Gasteiger partial charge in [-0.3, -0.25) is 4.79 Å². The van der Waals surface area contributed by atoms with Crippen LogP contribution in [-0.2, 0) is 24.3 Å². The molecule has 1 amide bonds. The summed E-state index contributed by atoms with van der Waals surface area (Å²) in [7, 11) is -3.79. The van der Waals surface area contributed by atoms with Gasteiger partial charge in [0, 0.05) is 18.8 Å². The number of ether oxygens (including phenoxy) is 2. The van der Waals surface area contributed by atoms with Gasteiger partial charge in [0.2, 0.25) is 10.0 Å². The zero-order valence-electron chi connectivity index (χ0n) is 17.1. The van der Waals surface area contributed by atoms with Crippen molar-refractivity contribution >= 4 is 39.2 Å². The molecular formula is C21H20ClN3O6S. The molecule has 0 bridgehead atoms. The van der Waals surface area contributed by atoms with Crippen LogP contribution in [0.3, 0.4) is 0 Å². The van der Waals surface area contributed by atoms with E-state index in [1.54, 1.807) is 6.92 Å². The second-order valence-corrected chi connectivity index (χ2v) is 9.27. The molecule has 1 aliphatic rings. The number of anilines is 1. The summed E-state index contributed by atoms with van der Waals surface area (Å²) >= 11 is 5.93. The fraction of sp³-hybridized carbons (Fsp3) is 0.286. The second kappa shape index (κ2) is 10.1. The fourth-order valence-electron chi connectivity index (χ4n) is 3.01. The Morgan fingerprint density at radius 3 is 2.59 bits per heavy atom. The first kappa shape index (κ1) is 23.7. The number of benzene rings is 2. The lowest BCUT2D eigenvalue weighted by Crippen LogP contribution is -2.40. The first-order valence-electron chi connectivity index (χ1n) is 9.57. The molecule has 1 fully saturated rings. The number of rotatable bonds is 6. The molecule has 0 saturated carbocycles. The van der Waals surface area contributed by atoms with Gasteiger partial charge >= 0.3 is 5.97 Å². The number of nitrogens with zero attached hydrogens (tertiary/aromatic N) is 2. The molecule has 2 aromatic carbocycles.